The number of hydrogen-bond acceptors (Lipinski definition) is 4. The molecule has 1 saturated carbocycles. The quantitative estimate of drug-likeness (QED) is 0.684. The normalized spacial score (nSPS) is 16.3. The highest BCUT2D eigenvalue weighted by Gasteiger charge is 2.22. The van der Waals surface area contributed by atoms with Crippen molar-refractivity contribution in [3.05, 3.63) is 27.0 Å². The molecule has 1 aliphatic rings. The smallest absolute Gasteiger partial charge is 0.311 e. The SMILES string of the molecule is O=[N+]([O-])c1cncc(Br)c1NC1CCCC1. The van der Waals surface area contributed by atoms with Crippen LogP contribution < -0.4 is 5.32 Å². The molecule has 2 rings (SSSR count). The van der Waals surface area contributed by atoms with Crippen molar-refractivity contribution in [3.8, 4) is 0 Å². The van der Waals surface area contributed by atoms with Crippen molar-refractivity contribution in [2.45, 2.75) is 31.7 Å². The first kappa shape index (κ1) is 11.3. The maximum absolute atomic E-state index is 10.9. The van der Waals surface area contributed by atoms with Gasteiger partial charge in [0.25, 0.3) is 0 Å². The van der Waals surface area contributed by atoms with Gasteiger partial charge in [-0.2, -0.15) is 0 Å². The molecule has 0 bridgehead atoms. The molecule has 1 N–H and O–H groups in total. The fourth-order valence-electron chi connectivity index (χ4n) is 1.98. The Hall–Kier alpha value is -1.17. The fraction of sp³-hybridized carbons (Fsp3) is 0.500. The highest BCUT2D eigenvalue weighted by molar-refractivity contribution is 9.10. The Balaban J connectivity index is 2.26. The Morgan fingerprint density at radius 1 is 1.44 bits per heavy atom. The third-order valence-electron chi connectivity index (χ3n) is 2.78. The zero-order valence-corrected chi connectivity index (χ0v) is 10.2. The molecular formula is C10H12BrN3O2. The van der Waals surface area contributed by atoms with Crippen LogP contribution >= 0.6 is 15.9 Å². The van der Waals surface area contributed by atoms with Crippen molar-refractivity contribution in [1.82, 2.24) is 4.98 Å². The highest BCUT2D eigenvalue weighted by Crippen LogP contribution is 2.33. The Morgan fingerprint density at radius 2 is 2.12 bits per heavy atom. The lowest BCUT2D eigenvalue weighted by molar-refractivity contribution is -0.384. The molecule has 16 heavy (non-hydrogen) atoms. The van der Waals surface area contributed by atoms with Crippen LogP contribution in [0.1, 0.15) is 25.7 Å². The summed E-state index contributed by atoms with van der Waals surface area (Å²) in [6.45, 7) is 0. The van der Waals surface area contributed by atoms with Gasteiger partial charge in [0.05, 0.1) is 9.40 Å². The molecule has 0 spiro atoms. The molecule has 0 aliphatic heterocycles. The molecule has 1 aliphatic carbocycles. The summed E-state index contributed by atoms with van der Waals surface area (Å²) in [5.74, 6) is 0. The van der Waals surface area contributed by atoms with Crippen molar-refractivity contribution >= 4 is 27.3 Å². The zero-order chi connectivity index (χ0) is 11.5. The van der Waals surface area contributed by atoms with Gasteiger partial charge in [0, 0.05) is 12.2 Å². The standard InChI is InChI=1S/C10H12BrN3O2/c11-8-5-12-6-9(14(15)16)10(8)13-7-3-1-2-4-7/h5-7H,1-4H2,(H,12,13). The molecule has 0 aromatic carbocycles. The largest absolute Gasteiger partial charge is 0.376 e. The molecule has 0 saturated heterocycles. The Labute approximate surface area is 102 Å². The Bertz CT molecular complexity index is 405. The number of nitrogens with zero attached hydrogens (tertiary/aromatic N) is 2. The van der Waals surface area contributed by atoms with Gasteiger partial charge in [-0.3, -0.25) is 15.1 Å². The zero-order valence-electron chi connectivity index (χ0n) is 8.65. The van der Waals surface area contributed by atoms with Crippen molar-refractivity contribution < 1.29 is 4.92 Å². The maximum Gasteiger partial charge on any atom is 0.311 e. The average Bonchev–Trinajstić information content (AvgIpc) is 2.73. The molecule has 0 unspecified atom stereocenters. The van der Waals surface area contributed by atoms with Crippen molar-refractivity contribution in [2.24, 2.45) is 0 Å². The third kappa shape index (κ3) is 2.32. The Morgan fingerprint density at radius 3 is 2.75 bits per heavy atom. The number of pyridine rings is 1. The summed E-state index contributed by atoms with van der Waals surface area (Å²) in [4.78, 5) is 14.3. The molecule has 0 amide bonds. The molecular weight excluding hydrogens is 274 g/mol. The van der Waals surface area contributed by atoms with E-state index in [0.717, 1.165) is 12.8 Å². The molecule has 1 aromatic heterocycles. The van der Waals surface area contributed by atoms with Gasteiger partial charge in [-0.05, 0) is 28.8 Å². The summed E-state index contributed by atoms with van der Waals surface area (Å²) in [6, 6.07) is 0.345. The number of hydrogen-bond donors (Lipinski definition) is 1. The number of nitro groups is 1. The summed E-state index contributed by atoms with van der Waals surface area (Å²) in [5.41, 5.74) is 0.577. The molecule has 1 heterocycles. The van der Waals surface area contributed by atoms with E-state index in [1.165, 1.54) is 19.0 Å². The lowest BCUT2D eigenvalue weighted by Gasteiger charge is -2.14. The van der Waals surface area contributed by atoms with Gasteiger partial charge in [-0.25, -0.2) is 0 Å². The van der Waals surface area contributed by atoms with Crippen LogP contribution in [-0.2, 0) is 0 Å². The lowest BCUT2D eigenvalue weighted by Crippen LogP contribution is -2.16. The van der Waals surface area contributed by atoms with Crippen LogP contribution in [0.4, 0.5) is 11.4 Å². The predicted octanol–water partition coefficient (Wildman–Crippen LogP) is 3.11. The van der Waals surface area contributed by atoms with Crippen molar-refractivity contribution in [2.75, 3.05) is 5.32 Å². The van der Waals surface area contributed by atoms with Crippen LogP contribution in [0.25, 0.3) is 0 Å². The topological polar surface area (TPSA) is 68.1 Å². The van der Waals surface area contributed by atoms with Crippen LogP contribution in [0.3, 0.4) is 0 Å². The first-order valence-electron chi connectivity index (χ1n) is 5.23. The van der Waals surface area contributed by atoms with E-state index in [0.29, 0.717) is 16.2 Å². The van der Waals surface area contributed by atoms with E-state index in [1.807, 2.05) is 0 Å². The summed E-state index contributed by atoms with van der Waals surface area (Å²) in [6.07, 6.45) is 7.38. The van der Waals surface area contributed by atoms with Gasteiger partial charge in [0.2, 0.25) is 0 Å². The van der Waals surface area contributed by atoms with Crippen LogP contribution in [-0.4, -0.2) is 15.9 Å². The maximum atomic E-state index is 10.9. The predicted molar refractivity (Wildman–Crippen MR) is 64.5 cm³/mol. The van der Waals surface area contributed by atoms with E-state index in [4.69, 9.17) is 0 Å². The highest BCUT2D eigenvalue weighted by atomic mass is 79.9. The molecule has 0 radical (unpaired) electrons. The molecule has 0 atom stereocenters. The number of rotatable bonds is 3. The summed E-state index contributed by atoms with van der Waals surface area (Å²) in [5, 5.41) is 14.1. The summed E-state index contributed by atoms with van der Waals surface area (Å²) >= 11 is 3.29. The van der Waals surface area contributed by atoms with E-state index in [9.17, 15) is 10.1 Å². The van der Waals surface area contributed by atoms with Gasteiger partial charge in [-0.15, -0.1) is 0 Å². The average molecular weight is 286 g/mol. The van der Waals surface area contributed by atoms with Gasteiger partial charge in [0.1, 0.15) is 11.9 Å². The first-order chi connectivity index (χ1) is 7.68. The second-order valence-electron chi connectivity index (χ2n) is 3.90. The number of halogens is 1. The second kappa shape index (κ2) is 4.78. The first-order valence-corrected chi connectivity index (χ1v) is 6.02. The summed E-state index contributed by atoms with van der Waals surface area (Å²) in [7, 11) is 0. The minimum Gasteiger partial charge on any atom is -0.376 e. The fourth-order valence-corrected chi connectivity index (χ4v) is 2.42. The van der Waals surface area contributed by atoms with E-state index in [1.54, 1.807) is 6.20 Å². The van der Waals surface area contributed by atoms with Crippen LogP contribution in [0.5, 0.6) is 0 Å². The molecule has 1 aromatic rings. The van der Waals surface area contributed by atoms with E-state index < -0.39 is 4.92 Å². The number of nitrogens with one attached hydrogen (secondary N) is 1. The Kier molecular flexibility index (Phi) is 3.38. The van der Waals surface area contributed by atoms with Crippen molar-refractivity contribution in [1.29, 1.82) is 0 Å². The second-order valence-corrected chi connectivity index (χ2v) is 4.75. The van der Waals surface area contributed by atoms with Gasteiger partial charge < -0.3 is 5.32 Å². The van der Waals surface area contributed by atoms with Gasteiger partial charge >= 0.3 is 5.69 Å². The minimum atomic E-state index is -0.408. The van der Waals surface area contributed by atoms with E-state index >= 15 is 0 Å². The van der Waals surface area contributed by atoms with Crippen LogP contribution in [0, 0.1) is 10.1 Å². The van der Waals surface area contributed by atoms with Gasteiger partial charge in [-0.1, -0.05) is 12.8 Å². The molecule has 6 heteroatoms. The summed E-state index contributed by atoms with van der Waals surface area (Å²) < 4.78 is 0.647. The molecule has 5 nitrogen and oxygen atoms in total. The monoisotopic (exact) mass is 285 g/mol. The van der Waals surface area contributed by atoms with Crippen molar-refractivity contribution in [3.63, 3.8) is 0 Å². The molecule has 1 fully saturated rings. The van der Waals surface area contributed by atoms with Crippen LogP contribution in [0.15, 0.2) is 16.9 Å². The molecule has 86 valence electrons. The van der Waals surface area contributed by atoms with Crippen LogP contribution in [0.2, 0.25) is 0 Å². The lowest BCUT2D eigenvalue weighted by atomic mass is 10.2. The number of aromatic nitrogens is 1. The van der Waals surface area contributed by atoms with E-state index in [-0.39, 0.29) is 5.69 Å². The number of anilines is 1. The van der Waals surface area contributed by atoms with Gasteiger partial charge in [0.15, 0.2) is 0 Å². The third-order valence-corrected chi connectivity index (χ3v) is 3.38. The minimum absolute atomic E-state index is 0.0290. The van der Waals surface area contributed by atoms with E-state index in [2.05, 4.69) is 26.2 Å².